The van der Waals surface area contributed by atoms with Crippen molar-refractivity contribution in [1.82, 2.24) is 0 Å². The van der Waals surface area contributed by atoms with Gasteiger partial charge in [0.2, 0.25) is 0 Å². The third-order valence-corrected chi connectivity index (χ3v) is 5.12. The molecule has 1 saturated carbocycles. The topological polar surface area (TPSA) is 83.8 Å². The van der Waals surface area contributed by atoms with Gasteiger partial charge in [0.1, 0.15) is 11.5 Å². The highest BCUT2D eigenvalue weighted by Crippen LogP contribution is 2.55. The van der Waals surface area contributed by atoms with E-state index in [4.69, 9.17) is 9.84 Å². The summed E-state index contributed by atoms with van der Waals surface area (Å²) in [6.45, 7) is 0. The molecule has 5 heteroatoms. The van der Waals surface area contributed by atoms with Crippen LogP contribution >= 0.6 is 0 Å². The second-order valence-corrected chi connectivity index (χ2v) is 6.67. The lowest BCUT2D eigenvalue weighted by molar-refractivity contribution is -0.139. The van der Waals surface area contributed by atoms with Crippen LogP contribution in [0.5, 0.6) is 11.5 Å². The van der Waals surface area contributed by atoms with Gasteiger partial charge in [0.25, 0.3) is 0 Å². The summed E-state index contributed by atoms with van der Waals surface area (Å²) in [6.07, 6.45) is 1.14. The predicted molar refractivity (Wildman–Crippen MR) is 90.2 cm³/mol. The van der Waals surface area contributed by atoms with Crippen molar-refractivity contribution in [2.24, 2.45) is 5.92 Å². The van der Waals surface area contributed by atoms with Gasteiger partial charge in [-0.15, -0.1) is 0 Å². The molecule has 0 amide bonds. The molecule has 0 saturated heterocycles. The molecular formula is C20H18O5. The third kappa shape index (κ3) is 2.76. The van der Waals surface area contributed by atoms with Crippen molar-refractivity contribution in [3.05, 3.63) is 59.2 Å². The molecule has 2 aromatic carbocycles. The molecule has 25 heavy (non-hydrogen) atoms. The number of aliphatic carboxylic acids is 2. The number of fused-ring (bicyclic) bond motifs is 2. The molecule has 0 aromatic heterocycles. The number of rotatable bonds is 5. The lowest BCUT2D eigenvalue weighted by Gasteiger charge is -2.30. The van der Waals surface area contributed by atoms with Crippen molar-refractivity contribution in [2.75, 3.05) is 0 Å². The summed E-state index contributed by atoms with van der Waals surface area (Å²) in [6, 6.07) is 13.4. The Bertz CT molecular complexity index is 857. The summed E-state index contributed by atoms with van der Waals surface area (Å²) in [5.74, 6) is -0.630. The van der Waals surface area contributed by atoms with E-state index in [1.165, 1.54) is 0 Å². The fraction of sp³-hybridized carbons (Fsp3) is 0.300. The molecule has 5 nitrogen and oxygen atoms in total. The summed E-state index contributed by atoms with van der Waals surface area (Å²) < 4.78 is 6.03. The average Bonchev–Trinajstić information content (AvgIpc) is 3.38. The number of carbonyl (C=O) groups is 2. The van der Waals surface area contributed by atoms with Gasteiger partial charge in [0, 0.05) is 23.5 Å². The number of ether oxygens (including phenoxy) is 1. The molecule has 0 bridgehead atoms. The zero-order chi connectivity index (χ0) is 17.6. The summed E-state index contributed by atoms with van der Waals surface area (Å²) in [4.78, 5) is 22.4. The number of benzene rings is 2. The van der Waals surface area contributed by atoms with Crippen LogP contribution in [0.4, 0.5) is 0 Å². The average molecular weight is 338 g/mol. The molecule has 2 aromatic rings. The summed E-state index contributed by atoms with van der Waals surface area (Å²) >= 11 is 0. The van der Waals surface area contributed by atoms with E-state index in [1.54, 1.807) is 0 Å². The van der Waals surface area contributed by atoms with Crippen molar-refractivity contribution in [2.45, 2.75) is 31.1 Å². The minimum Gasteiger partial charge on any atom is -0.481 e. The van der Waals surface area contributed by atoms with Crippen molar-refractivity contribution in [3.63, 3.8) is 0 Å². The van der Waals surface area contributed by atoms with E-state index >= 15 is 0 Å². The van der Waals surface area contributed by atoms with Crippen LogP contribution in [0.1, 0.15) is 47.8 Å². The van der Waals surface area contributed by atoms with Crippen LogP contribution in [0.2, 0.25) is 0 Å². The van der Waals surface area contributed by atoms with Crippen LogP contribution in [0.3, 0.4) is 0 Å². The monoisotopic (exact) mass is 338 g/mol. The van der Waals surface area contributed by atoms with Crippen LogP contribution < -0.4 is 4.74 Å². The van der Waals surface area contributed by atoms with Gasteiger partial charge in [-0.25, -0.2) is 0 Å². The highest BCUT2D eigenvalue weighted by Gasteiger charge is 2.46. The Kier molecular flexibility index (Phi) is 3.71. The maximum Gasteiger partial charge on any atom is 0.307 e. The molecule has 1 unspecified atom stereocenters. The van der Waals surface area contributed by atoms with Crippen LogP contribution in [0.25, 0.3) is 0 Å². The van der Waals surface area contributed by atoms with Gasteiger partial charge in [0.05, 0.1) is 5.92 Å². The van der Waals surface area contributed by atoms with Crippen LogP contribution in [-0.4, -0.2) is 22.2 Å². The summed E-state index contributed by atoms with van der Waals surface area (Å²) in [7, 11) is 0. The number of carboxylic acids is 2. The summed E-state index contributed by atoms with van der Waals surface area (Å²) in [5, 5.41) is 18.4. The molecule has 1 fully saturated rings. The Labute approximate surface area is 144 Å². The molecule has 1 aliphatic carbocycles. The van der Waals surface area contributed by atoms with Crippen LogP contribution in [0.15, 0.2) is 42.5 Å². The zero-order valence-corrected chi connectivity index (χ0v) is 13.5. The van der Waals surface area contributed by atoms with Crippen LogP contribution in [-0.2, 0) is 9.59 Å². The molecule has 2 N–H and O–H groups in total. The van der Waals surface area contributed by atoms with E-state index in [9.17, 15) is 14.7 Å². The smallest absolute Gasteiger partial charge is 0.307 e. The van der Waals surface area contributed by atoms with Gasteiger partial charge < -0.3 is 14.9 Å². The van der Waals surface area contributed by atoms with E-state index in [1.807, 2.05) is 42.5 Å². The Morgan fingerprint density at radius 1 is 1.00 bits per heavy atom. The molecule has 128 valence electrons. The minimum absolute atomic E-state index is 0.0198. The van der Waals surface area contributed by atoms with Crippen molar-refractivity contribution < 1.29 is 24.5 Å². The Morgan fingerprint density at radius 3 is 2.44 bits per heavy atom. The molecular weight excluding hydrogens is 320 g/mol. The second-order valence-electron chi connectivity index (χ2n) is 6.67. The molecule has 1 heterocycles. The number of para-hydroxylation sites is 1. The highest BCUT2D eigenvalue weighted by atomic mass is 16.5. The predicted octanol–water partition coefficient (Wildman–Crippen LogP) is 3.98. The van der Waals surface area contributed by atoms with E-state index in [-0.39, 0.29) is 24.2 Å². The minimum atomic E-state index is -0.835. The van der Waals surface area contributed by atoms with E-state index in [2.05, 4.69) is 0 Å². The van der Waals surface area contributed by atoms with Gasteiger partial charge in [-0.05, 0) is 36.5 Å². The fourth-order valence-corrected chi connectivity index (χ4v) is 3.86. The Balaban J connectivity index is 1.79. The maximum atomic E-state index is 11.3. The molecule has 2 aliphatic rings. The molecule has 1 aliphatic heterocycles. The lowest BCUT2D eigenvalue weighted by Crippen LogP contribution is -2.14. The lowest BCUT2D eigenvalue weighted by atomic mass is 9.81. The first-order chi connectivity index (χ1) is 12.1. The first kappa shape index (κ1) is 15.7. The summed E-state index contributed by atoms with van der Waals surface area (Å²) in [5.41, 5.74) is 2.90. The van der Waals surface area contributed by atoms with E-state index in [0.717, 1.165) is 22.4 Å². The molecule has 0 radical (unpaired) electrons. The molecule has 0 spiro atoms. The van der Waals surface area contributed by atoms with Gasteiger partial charge in [-0.2, -0.15) is 0 Å². The van der Waals surface area contributed by atoms with Crippen molar-refractivity contribution in [1.29, 1.82) is 0 Å². The van der Waals surface area contributed by atoms with Crippen LogP contribution in [0, 0.1) is 5.92 Å². The molecule has 4 rings (SSSR count). The fourth-order valence-electron chi connectivity index (χ4n) is 3.86. The van der Waals surface area contributed by atoms with Gasteiger partial charge in [0.15, 0.2) is 0 Å². The number of hydrogen-bond donors (Lipinski definition) is 2. The quantitative estimate of drug-likeness (QED) is 0.861. The normalized spacial score (nSPS) is 23.1. The molecule has 3 atom stereocenters. The van der Waals surface area contributed by atoms with Crippen molar-refractivity contribution in [3.8, 4) is 11.5 Å². The Hall–Kier alpha value is -2.82. The van der Waals surface area contributed by atoms with Gasteiger partial charge >= 0.3 is 11.9 Å². The highest BCUT2D eigenvalue weighted by molar-refractivity contribution is 5.76. The van der Waals surface area contributed by atoms with Crippen molar-refractivity contribution >= 4 is 11.9 Å². The zero-order valence-electron chi connectivity index (χ0n) is 13.5. The largest absolute Gasteiger partial charge is 0.481 e. The first-order valence-corrected chi connectivity index (χ1v) is 8.40. The van der Waals surface area contributed by atoms with E-state index in [0.29, 0.717) is 18.6 Å². The third-order valence-electron chi connectivity index (χ3n) is 5.12. The second kappa shape index (κ2) is 5.92. The maximum absolute atomic E-state index is 11.3. The standard InChI is InChI=1S/C20H18O5/c21-18(22)9-8-13-11-4-1-2-6-16(11)25-17-7-3-5-12(19(13)17)14-10-15(14)20(23)24/h1-7,13-15H,8-10H2,(H,21,22)(H,23,24)/t13?,14-,15+/m0/s1. The number of carboxylic acid groups (broad SMARTS) is 2. The van der Waals surface area contributed by atoms with Gasteiger partial charge in [-0.1, -0.05) is 30.3 Å². The Morgan fingerprint density at radius 2 is 1.72 bits per heavy atom. The van der Waals surface area contributed by atoms with Gasteiger partial charge in [-0.3, -0.25) is 9.59 Å². The number of hydrogen-bond acceptors (Lipinski definition) is 3. The first-order valence-electron chi connectivity index (χ1n) is 8.40. The van der Waals surface area contributed by atoms with E-state index < -0.39 is 11.9 Å². The SMILES string of the molecule is O=C(O)CCC1c2ccccc2Oc2cccc([C@@H]3C[C@H]3C(=O)O)c21.